The van der Waals surface area contributed by atoms with Gasteiger partial charge < -0.3 is 10.0 Å². The number of halogens is 1. The van der Waals surface area contributed by atoms with Gasteiger partial charge in [-0.2, -0.15) is 0 Å². The van der Waals surface area contributed by atoms with E-state index >= 15 is 0 Å². The van der Waals surface area contributed by atoms with Gasteiger partial charge in [-0.15, -0.1) is 0 Å². The molecule has 3 rings (SSSR count). The van der Waals surface area contributed by atoms with Gasteiger partial charge in [-0.3, -0.25) is 4.90 Å². The minimum Gasteiger partial charge on any atom is -0.389 e. The normalized spacial score (nSPS) is 22.1. The first-order chi connectivity index (χ1) is 9.63. The number of hydrogen-bond donors (Lipinski definition) is 1. The number of aliphatic hydroxyl groups excluding tert-OH is 1. The molecule has 0 aromatic heterocycles. The molecule has 1 aliphatic carbocycles. The maximum atomic E-state index is 9.68. The molecule has 1 heterocycles. The summed E-state index contributed by atoms with van der Waals surface area (Å²) in [6.07, 6.45) is 2.45. The van der Waals surface area contributed by atoms with Gasteiger partial charge in [0.2, 0.25) is 0 Å². The topological polar surface area (TPSA) is 26.7 Å². The van der Waals surface area contributed by atoms with Gasteiger partial charge in [0.05, 0.1) is 6.10 Å². The second kappa shape index (κ2) is 6.04. The van der Waals surface area contributed by atoms with Crippen LogP contribution in [-0.2, 0) is 0 Å². The average Bonchev–Trinajstić information content (AvgIpc) is 3.23. The van der Waals surface area contributed by atoms with Crippen LogP contribution in [0, 0.1) is 5.92 Å². The van der Waals surface area contributed by atoms with Gasteiger partial charge in [0.1, 0.15) is 0 Å². The van der Waals surface area contributed by atoms with E-state index in [9.17, 15) is 5.11 Å². The van der Waals surface area contributed by atoms with Crippen LogP contribution in [0.25, 0.3) is 0 Å². The van der Waals surface area contributed by atoms with Crippen molar-refractivity contribution in [3.8, 4) is 0 Å². The minimum absolute atomic E-state index is 0.422. The molecule has 4 heteroatoms. The van der Waals surface area contributed by atoms with Crippen molar-refractivity contribution in [3.05, 3.63) is 28.2 Å². The summed E-state index contributed by atoms with van der Waals surface area (Å²) in [5.74, 6) is 0.987. The number of anilines is 1. The predicted octanol–water partition coefficient (Wildman–Crippen LogP) is 3.03. The first-order valence-electron chi connectivity index (χ1n) is 7.58. The molecule has 1 saturated carbocycles. The Kier molecular flexibility index (Phi) is 4.34. The highest BCUT2D eigenvalue weighted by atomic mass is 79.9. The van der Waals surface area contributed by atoms with E-state index in [-0.39, 0.29) is 0 Å². The van der Waals surface area contributed by atoms with Crippen molar-refractivity contribution in [2.45, 2.75) is 25.9 Å². The largest absolute Gasteiger partial charge is 0.389 e. The first-order valence-corrected chi connectivity index (χ1v) is 8.37. The lowest BCUT2D eigenvalue weighted by atomic mass is 10.1. The van der Waals surface area contributed by atoms with Crippen molar-refractivity contribution < 1.29 is 5.11 Å². The summed E-state index contributed by atoms with van der Waals surface area (Å²) in [5, 5.41) is 9.68. The van der Waals surface area contributed by atoms with E-state index < -0.39 is 6.10 Å². The molecule has 1 aromatic carbocycles. The van der Waals surface area contributed by atoms with Crippen molar-refractivity contribution in [2.75, 3.05) is 37.6 Å². The smallest absolute Gasteiger partial charge is 0.0772 e. The second-order valence-corrected chi connectivity index (χ2v) is 6.97. The number of benzene rings is 1. The number of rotatable bonds is 4. The fourth-order valence-electron chi connectivity index (χ4n) is 2.91. The molecule has 0 radical (unpaired) electrons. The van der Waals surface area contributed by atoms with Gasteiger partial charge in [-0.1, -0.05) is 22.0 Å². The Bertz CT molecular complexity index is 466. The van der Waals surface area contributed by atoms with E-state index in [1.54, 1.807) is 6.92 Å². The molecule has 0 amide bonds. The van der Waals surface area contributed by atoms with Crippen molar-refractivity contribution in [1.29, 1.82) is 0 Å². The molecule has 2 aliphatic rings. The Labute approximate surface area is 129 Å². The molecule has 2 fully saturated rings. The Morgan fingerprint density at radius 1 is 1.25 bits per heavy atom. The van der Waals surface area contributed by atoms with Crippen LogP contribution in [0.2, 0.25) is 0 Å². The van der Waals surface area contributed by atoms with Crippen LogP contribution in [-0.4, -0.2) is 42.7 Å². The lowest BCUT2D eigenvalue weighted by molar-refractivity contribution is 0.198. The Hall–Kier alpha value is -0.580. The zero-order valence-electron chi connectivity index (χ0n) is 12.1. The molecule has 1 saturated heterocycles. The maximum absolute atomic E-state index is 9.68. The van der Waals surface area contributed by atoms with Gasteiger partial charge in [-0.25, -0.2) is 0 Å². The summed E-state index contributed by atoms with van der Waals surface area (Å²) in [7, 11) is 0. The van der Waals surface area contributed by atoms with Crippen molar-refractivity contribution in [3.63, 3.8) is 0 Å². The third kappa shape index (κ3) is 3.35. The molecular weight excluding hydrogens is 316 g/mol. The number of aliphatic hydroxyl groups is 1. The summed E-state index contributed by atoms with van der Waals surface area (Å²) in [5.41, 5.74) is 2.22. The van der Waals surface area contributed by atoms with Crippen LogP contribution in [0.15, 0.2) is 22.7 Å². The molecule has 1 aliphatic heterocycles. The molecule has 0 bridgehead atoms. The zero-order valence-corrected chi connectivity index (χ0v) is 13.6. The first kappa shape index (κ1) is 14.4. The number of piperazine rings is 1. The van der Waals surface area contributed by atoms with Crippen molar-refractivity contribution >= 4 is 21.6 Å². The third-order valence-corrected chi connectivity index (χ3v) is 5.07. The highest BCUT2D eigenvalue weighted by Gasteiger charge is 2.26. The van der Waals surface area contributed by atoms with Crippen LogP contribution >= 0.6 is 15.9 Å². The van der Waals surface area contributed by atoms with Gasteiger partial charge in [0, 0.05) is 42.9 Å². The molecule has 1 atom stereocenters. The van der Waals surface area contributed by atoms with E-state index in [0.29, 0.717) is 0 Å². The molecular formula is C16H23BrN2O. The summed E-state index contributed by atoms with van der Waals surface area (Å²) >= 11 is 3.57. The molecule has 1 N–H and O–H groups in total. The molecule has 20 heavy (non-hydrogen) atoms. The standard InChI is InChI=1S/C16H23BrN2O/c1-12(20)15-5-4-14(10-16(15)17)19-8-6-18(7-9-19)11-13-2-3-13/h4-5,10,12-13,20H,2-3,6-9,11H2,1H3. The van der Waals surface area contributed by atoms with Crippen LogP contribution in [0.3, 0.4) is 0 Å². The lowest BCUT2D eigenvalue weighted by Crippen LogP contribution is -2.47. The predicted molar refractivity (Wildman–Crippen MR) is 86.2 cm³/mol. The lowest BCUT2D eigenvalue weighted by Gasteiger charge is -2.36. The molecule has 3 nitrogen and oxygen atoms in total. The Morgan fingerprint density at radius 2 is 1.95 bits per heavy atom. The van der Waals surface area contributed by atoms with E-state index in [1.165, 1.54) is 38.2 Å². The monoisotopic (exact) mass is 338 g/mol. The number of hydrogen-bond acceptors (Lipinski definition) is 3. The van der Waals surface area contributed by atoms with E-state index in [2.05, 4.69) is 37.9 Å². The van der Waals surface area contributed by atoms with Crippen LogP contribution in [0.1, 0.15) is 31.4 Å². The average molecular weight is 339 g/mol. The quantitative estimate of drug-likeness (QED) is 0.913. The van der Waals surface area contributed by atoms with Gasteiger partial charge in [0.15, 0.2) is 0 Å². The maximum Gasteiger partial charge on any atom is 0.0772 e. The van der Waals surface area contributed by atoms with Crippen molar-refractivity contribution in [1.82, 2.24) is 4.90 Å². The summed E-state index contributed by atoms with van der Waals surface area (Å²) < 4.78 is 1.01. The Balaban J connectivity index is 1.61. The van der Waals surface area contributed by atoms with Crippen LogP contribution in [0.4, 0.5) is 5.69 Å². The highest BCUT2D eigenvalue weighted by molar-refractivity contribution is 9.10. The summed E-state index contributed by atoms with van der Waals surface area (Å²) in [6.45, 7) is 7.66. The highest BCUT2D eigenvalue weighted by Crippen LogP contribution is 2.31. The van der Waals surface area contributed by atoms with E-state index in [1.807, 2.05) is 6.07 Å². The van der Waals surface area contributed by atoms with E-state index in [0.717, 1.165) is 29.0 Å². The zero-order chi connectivity index (χ0) is 14.1. The van der Waals surface area contributed by atoms with Gasteiger partial charge in [-0.05, 0) is 43.4 Å². The van der Waals surface area contributed by atoms with Gasteiger partial charge in [0.25, 0.3) is 0 Å². The minimum atomic E-state index is -0.422. The van der Waals surface area contributed by atoms with Gasteiger partial charge >= 0.3 is 0 Å². The Morgan fingerprint density at radius 3 is 2.50 bits per heavy atom. The molecule has 1 aromatic rings. The fraction of sp³-hybridized carbons (Fsp3) is 0.625. The SMILES string of the molecule is CC(O)c1ccc(N2CCN(CC3CC3)CC2)cc1Br. The van der Waals surface area contributed by atoms with Crippen LogP contribution < -0.4 is 4.90 Å². The fourth-order valence-corrected chi connectivity index (χ4v) is 3.60. The summed E-state index contributed by atoms with van der Waals surface area (Å²) in [4.78, 5) is 5.05. The third-order valence-electron chi connectivity index (χ3n) is 4.38. The molecule has 1 unspecified atom stereocenters. The number of nitrogens with zero attached hydrogens (tertiary/aromatic N) is 2. The summed E-state index contributed by atoms with van der Waals surface area (Å²) in [6, 6.07) is 6.29. The second-order valence-electron chi connectivity index (χ2n) is 6.11. The van der Waals surface area contributed by atoms with E-state index in [4.69, 9.17) is 0 Å². The van der Waals surface area contributed by atoms with Crippen molar-refractivity contribution in [2.24, 2.45) is 5.92 Å². The van der Waals surface area contributed by atoms with Crippen LogP contribution in [0.5, 0.6) is 0 Å². The molecule has 0 spiro atoms. The molecule has 110 valence electrons.